The highest BCUT2D eigenvalue weighted by atomic mass is 28.3. The number of aromatic hydroxyl groups is 1. The lowest BCUT2D eigenvalue weighted by atomic mass is 9.70. The molecule has 0 bridgehead atoms. The second-order valence-corrected chi connectivity index (χ2v) is 15.2. The minimum Gasteiger partial charge on any atom is -0.508 e. The quantitative estimate of drug-likeness (QED) is 0.506. The predicted octanol–water partition coefficient (Wildman–Crippen LogP) is 7.73. The first-order chi connectivity index (χ1) is 12.5. The zero-order valence-corrected chi connectivity index (χ0v) is 18.3. The molecule has 0 unspecified atom stereocenters. The molecule has 1 aromatic rings. The average Bonchev–Trinajstić information content (AvgIpc) is 2.67. The van der Waals surface area contributed by atoms with Crippen LogP contribution in [0.5, 0.6) is 5.75 Å². The molecule has 2 aliphatic rings. The monoisotopic (exact) mass is 372 g/mol. The summed E-state index contributed by atoms with van der Waals surface area (Å²) in [7, 11) is -0.983. The maximum absolute atomic E-state index is 9.50. The van der Waals surface area contributed by atoms with E-state index in [9.17, 15) is 5.11 Å². The van der Waals surface area contributed by atoms with E-state index in [4.69, 9.17) is 0 Å². The van der Waals surface area contributed by atoms with Gasteiger partial charge in [0.15, 0.2) is 0 Å². The van der Waals surface area contributed by atoms with Crippen LogP contribution in [0.2, 0.25) is 24.7 Å². The van der Waals surface area contributed by atoms with Crippen molar-refractivity contribution in [2.75, 3.05) is 0 Å². The molecule has 1 aromatic carbocycles. The van der Waals surface area contributed by atoms with Gasteiger partial charge in [-0.1, -0.05) is 76.7 Å². The Balaban J connectivity index is 1.45. The Labute approximate surface area is 162 Å². The topological polar surface area (TPSA) is 20.2 Å². The fraction of sp³-hybridized carbons (Fsp3) is 0.750. The molecule has 3 rings (SSSR count). The van der Waals surface area contributed by atoms with Crippen LogP contribution < -0.4 is 0 Å². The van der Waals surface area contributed by atoms with Gasteiger partial charge in [-0.05, 0) is 66.7 Å². The van der Waals surface area contributed by atoms with Gasteiger partial charge in [0.1, 0.15) is 5.75 Å². The van der Waals surface area contributed by atoms with Crippen molar-refractivity contribution in [2.45, 2.75) is 102 Å². The summed E-state index contributed by atoms with van der Waals surface area (Å²) in [6, 6.07) is 9.53. The van der Waals surface area contributed by atoms with Gasteiger partial charge >= 0.3 is 0 Å². The summed E-state index contributed by atoms with van der Waals surface area (Å²) in [5, 5.41) is 9.50. The van der Waals surface area contributed by atoms with E-state index in [1.807, 2.05) is 12.1 Å². The molecule has 1 N–H and O–H groups in total. The fourth-order valence-electron chi connectivity index (χ4n) is 5.88. The van der Waals surface area contributed by atoms with Gasteiger partial charge in [0.25, 0.3) is 0 Å². The largest absolute Gasteiger partial charge is 0.508 e. The third-order valence-corrected chi connectivity index (χ3v) is 12.3. The first-order valence-corrected chi connectivity index (χ1v) is 14.6. The minimum absolute atomic E-state index is 0.393. The molecular formula is C24H40OSi. The predicted molar refractivity (Wildman–Crippen MR) is 116 cm³/mol. The summed E-state index contributed by atoms with van der Waals surface area (Å²) in [4.78, 5) is 0. The summed E-state index contributed by atoms with van der Waals surface area (Å²) >= 11 is 0. The number of hydrogen-bond acceptors (Lipinski definition) is 1. The Hall–Kier alpha value is -0.763. The van der Waals surface area contributed by atoms with Crippen LogP contribution in [0.15, 0.2) is 24.3 Å². The molecule has 2 saturated carbocycles. The zero-order chi connectivity index (χ0) is 18.6. The van der Waals surface area contributed by atoms with Crippen LogP contribution in [0, 0.1) is 11.8 Å². The molecule has 2 aliphatic carbocycles. The number of unbranched alkanes of at least 4 members (excludes halogenated alkanes) is 1. The van der Waals surface area contributed by atoms with Crippen molar-refractivity contribution in [3.05, 3.63) is 29.8 Å². The molecule has 0 radical (unpaired) electrons. The normalized spacial score (nSPS) is 30.3. The number of phenols is 1. The van der Waals surface area contributed by atoms with E-state index in [-0.39, 0.29) is 0 Å². The lowest BCUT2D eigenvalue weighted by Crippen LogP contribution is -2.36. The van der Waals surface area contributed by atoms with Crippen molar-refractivity contribution in [2.24, 2.45) is 11.8 Å². The molecule has 1 nitrogen and oxygen atoms in total. The van der Waals surface area contributed by atoms with E-state index in [0.29, 0.717) is 5.75 Å². The highest BCUT2D eigenvalue weighted by Gasteiger charge is 2.37. The Kier molecular flexibility index (Phi) is 6.88. The number of benzene rings is 1. The average molecular weight is 373 g/mol. The van der Waals surface area contributed by atoms with Crippen LogP contribution >= 0.6 is 0 Å². The Bertz CT molecular complexity index is 534. The summed E-state index contributed by atoms with van der Waals surface area (Å²) in [6.45, 7) is 7.67. The molecule has 0 amide bonds. The Morgan fingerprint density at radius 3 is 1.92 bits per heavy atom. The van der Waals surface area contributed by atoms with Crippen molar-refractivity contribution < 1.29 is 5.11 Å². The van der Waals surface area contributed by atoms with E-state index >= 15 is 0 Å². The van der Waals surface area contributed by atoms with Crippen LogP contribution in [-0.2, 0) is 0 Å². The lowest BCUT2D eigenvalue weighted by molar-refractivity contribution is 0.184. The Morgan fingerprint density at radius 1 is 0.846 bits per heavy atom. The van der Waals surface area contributed by atoms with Crippen LogP contribution in [0.25, 0.3) is 0 Å². The van der Waals surface area contributed by atoms with Crippen molar-refractivity contribution >= 4 is 8.07 Å². The molecule has 146 valence electrons. The van der Waals surface area contributed by atoms with Gasteiger partial charge in [-0.15, -0.1) is 0 Å². The Morgan fingerprint density at radius 2 is 1.38 bits per heavy atom. The van der Waals surface area contributed by atoms with Gasteiger partial charge in [-0.3, -0.25) is 0 Å². The summed E-state index contributed by atoms with van der Waals surface area (Å²) < 4.78 is 0. The van der Waals surface area contributed by atoms with Crippen molar-refractivity contribution in [1.82, 2.24) is 0 Å². The highest BCUT2D eigenvalue weighted by molar-refractivity contribution is 6.78. The molecule has 2 fully saturated rings. The van der Waals surface area contributed by atoms with Crippen molar-refractivity contribution in [1.29, 1.82) is 0 Å². The number of hydrogen-bond donors (Lipinski definition) is 1. The number of rotatable bonds is 6. The lowest BCUT2D eigenvalue weighted by Gasteiger charge is -2.42. The molecule has 2 heteroatoms. The first-order valence-electron chi connectivity index (χ1n) is 11.3. The van der Waals surface area contributed by atoms with E-state index in [0.717, 1.165) is 23.3 Å². The van der Waals surface area contributed by atoms with Crippen molar-refractivity contribution in [3.63, 3.8) is 0 Å². The number of phenolic OH excluding ortho intramolecular Hbond substituents is 1. The van der Waals surface area contributed by atoms with Crippen molar-refractivity contribution in [3.8, 4) is 5.75 Å². The summed E-state index contributed by atoms with van der Waals surface area (Å²) in [5.74, 6) is 3.13. The van der Waals surface area contributed by atoms with Crippen LogP contribution in [0.3, 0.4) is 0 Å². The molecule has 0 aromatic heterocycles. The van der Waals surface area contributed by atoms with E-state index < -0.39 is 8.07 Å². The van der Waals surface area contributed by atoms with Gasteiger partial charge in [0.2, 0.25) is 0 Å². The summed E-state index contributed by atoms with van der Waals surface area (Å²) in [5.41, 5.74) is 2.53. The van der Waals surface area contributed by atoms with E-state index in [2.05, 4.69) is 32.2 Å². The van der Waals surface area contributed by atoms with E-state index in [1.54, 1.807) is 6.04 Å². The molecular weight excluding hydrogens is 332 g/mol. The molecule has 0 atom stereocenters. The fourth-order valence-corrected chi connectivity index (χ4v) is 9.45. The van der Waals surface area contributed by atoms with Gasteiger partial charge in [-0.2, -0.15) is 0 Å². The maximum atomic E-state index is 9.50. The van der Waals surface area contributed by atoms with Crippen LogP contribution in [0.1, 0.15) is 82.6 Å². The third kappa shape index (κ3) is 4.94. The van der Waals surface area contributed by atoms with Gasteiger partial charge in [0.05, 0.1) is 8.07 Å². The van der Waals surface area contributed by atoms with Crippen LogP contribution in [0.4, 0.5) is 0 Å². The molecule has 0 saturated heterocycles. The molecule has 0 aliphatic heterocycles. The molecule has 26 heavy (non-hydrogen) atoms. The second-order valence-electron chi connectivity index (χ2n) is 9.91. The standard InChI is InChI=1S/C24H40OSi/c1-4-5-18-26(2,3)24-16-12-22(13-17-24)20-8-6-19(7-9-20)21-10-14-23(25)15-11-21/h10-11,14-15,19-20,22,24-25H,4-9,12-13,16-18H2,1-3H3. The van der Waals surface area contributed by atoms with Crippen LogP contribution in [-0.4, -0.2) is 13.2 Å². The van der Waals surface area contributed by atoms with Gasteiger partial charge < -0.3 is 5.11 Å². The minimum atomic E-state index is -0.983. The third-order valence-electron chi connectivity index (χ3n) is 7.85. The maximum Gasteiger partial charge on any atom is 0.115 e. The first kappa shape index (κ1) is 20.0. The SMILES string of the molecule is CCCC[Si](C)(C)C1CCC(C2CCC(c3ccc(O)cc3)CC2)CC1. The van der Waals surface area contributed by atoms with Gasteiger partial charge in [-0.25, -0.2) is 0 Å². The highest BCUT2D eigenvalue weighted by Crippen LogP contribution is 2.48. The summed E-state index contributed by atoms with van der Waals surface area (Å²) in [6.07, 6.45) is 14.5. The zero-order valence-electron chi connectivity index (χ0n) is 17.3. The smallest absolute Gasteiger partial charge is 0.115 e. The van der Waals surface area contributed by atoms with Gasteiger partial charge in [0, 0.05) is 0 Å². The second kappa shape index (κ2) is 8.95. The molecule has 0 spiro atoms. The van der Waals surface area contributed by atoms with E-state index in [1.165, 1.54) is 69.8 Å². The molecule has 0 heterocycles.